The molecule has 29 heavy (non-hydrogen) atoms. The molecule has 0 aliphatic heterocycles. The molecule has 0 aliphatic rings. The highest BCUT2D eigenvalue weighted by Gasteiger charge is 2.19. The van der Waals surface area contributed by atoms with Crippen LogP contribution in [-0.4, -0.2) is 36.5 Å². The van der Waals surface area contributed by atoms with Gasteiger partial charge in [-0.05, 0) is 52.5 Å². The van der Waals surface area contributed by atoms with Crippen LogP contribution in [0.5, 0.6) is 5.75 Å². The molecule has 5 nitrogen and oxygen atoms in total. The summed E-state index contributed by atoms with van der Waals surface area (Å²) >= 11 is 3.49. The summed E-state index contributed by atoms with van der Waals surface area (Å²) in [5, 5.41) is 0. The summed E-state index contributed by atoms with van der Waals surface area (Å²) in [7, 11) is 0. The molecule has 0 spiro atoms. The monoisotopic (exact) mass is 461 g/mol. The number of nitrogens with zero attached hydrogens (tertiary/aromatic N) is 1. The van der Waals surface area contributed by atoms with E-state index in [0.717, 1.165) is 10.0 Å². The number of hydrogen-bond acceptors (Lipinski definition) is 4. The first-order valence-electron chi connectivity index (χ1n) is 9.81. The van der Waals surface area contributed by atoms with Crippen LogP contribution in [0.25, 0.3) is 0 Å². The van der Waals surface area contributed by atoms with Crippen LogP contribution in [0, 0.1) is 5.92 Å². The Bertz CT molecular complexity index is 808. The maximum absolute atomic E-state index is 13.2. The van der Waals surface area contributed by atoms with Crippen molar-refractivity contribution < 1.29 is 19.1 Å². The zero-order valence-corrected chi connectivity index (χ0v) is 18.8. The van der Waals surface area contributed by atoms with E-state index in [2.05, 4.69) is 29.8 Å². The van der Waals surface area contributed by atoms with E-state index in [-0.39, 0.29) is 24.8 Å². The lowest BCUT2D eigenvalue weighted by Crippen LogP contribution is -2.33. The molecule has 0 N–H and O–H groups in total. The van der Waals surface area contributed by atoms with Crippen LogP contribution in [-0.2, 0) is 16.1 Å². The highest BCUT2D eigenvalue weighted by molar-refractivity contribution is 9.10. The minimum Gasteiger partial charge on any atom is -0.492 e. The molecule has 0 saturated heterocycles. The van der Waals surface area contributed by atoms with Gasteiger partial charge in [-0.3, -0.25) is 9.59 Å². The topological polar surface area (TPSA) is 55.8 Å². The lowest BCUT2D eigenvalue weighted by Gasteiger charge is -2.23. The first kappa shape index (κ1) is 22.9. The van der Waals surface area contributed by atoms with Crippen molar-refractivity contribution >= 4 is 27.8 Å². The lowest BCUT2D eigenvalue weighted by atomic mass is 10.1. The molecule has 0 heterocycles. The summed E-state index contributed by atoms with van der Waals surface area (Å²) in [5.41, 5.74) is 1.54. The average molecular weight is 462 g/mol. The molecule has 1 amide bonds. The van der Waals surface area contributed by atoms with Crippen molar-refractivity contribution in [3.8, 4) is 5.75 Å². The maximum Gasteiger partial charge on any atom is 0.307 e. The van der Waals surface area contributed by atoms with Crippen LogP contribution in [0.3, 0.4) is 0 Å². The Hall–Kier alpha value is -2.34. The number of benzene rings is 2. The van der Waals surface area contributed by atoms with Gasteiger partial charge in [0, 0.05) is 18.7 Å². The second-order valence-corrected chi connectivity index (χ2v) is 7.97. The van der Waals surface area contributed by atoms with Crippen molar-refractivity contribution in [3.63, 3.8) is 0 Å². The third-order valence-corrected chi connectivity index (χ3v) is 4.77. The zero-order valence-electron chi connectivity index (χ0n) is 17.2. The van der Waals surface area contributed by atoms with Crippen molar-refractivity contribution in [2.75, 3.05) is 19.8 Å². The highest BCUT2D eigenvalue weighted by Crippen LogP contribution is 2.27. The molecule has 0 unspecified atom stereocenters. The summed E-state index contributed by atoms with van der Waals surface area (Å²) in [6.07, 6.45) is 0.156. The Kier molecular flexibility index (Phi) is 9.19. The van der Waals surface area contributed by atoms with Gasteiger partial charge in [0.25, 0.3) is 5.91 Å². The van der Waals surface area contributed by atoms with Gasteiger partial charge in [0.1, 0.15) is 5.75 Å². The van der Waals surface area contributed by atoms with Crippen molar-refractivity contribution in [1.82, 2.24) is 4.90 Å². The second kappa shape index (κ2) is 11.6. The SMILES string of the molecule is CCOC(=O)CCN(Cc1ccccc1)C(=O)c1ccc(OCC(C)C)c(Br)c1. The predicted molar refractivity (Wildman–Crippen MR) is 117 cm³/mol. The van der Waals surface area contributed by atoms with Crippen molar-refractivity contribution in [2.24, 2.45) is 5.92 Å². The van der Waals surface area contributed by atoms with Crippen LogP contribution in [0.2, 0.25) is 0 Å². The fraction of sp³-hybridized carbons (Fsp3) is 0.391. The molecule has 0 saturated carbocycles. The van der Waals surface area contributed by atoms with E-state index < -0.39 is 0 Å². The van der Waals surface area contributed by atoms with Crippen molar-refractivity contribution in [3.05, 3.63) is 64.1 Å². The minimum absolute atomic E-state index is 0.144. The number of hydrogen-bond donors (Lipinski definition) is 0. The summed E-state index contributed by atoms with van der Waals surface area (Å²) in [5.74, 6) is 0.662. The molecule has 0 atom stereocenters. The Morgan fingerprint density at radius 1 is 1.10 bits per heavy atom. The number of carbonyl (C=O) groups is 2. The molecule has 0 bridgehead atoms. The van der Waals surface area contributed by atoms with E-state index in [1.165, 1.54) is 0 Å². The Balaban J connectivity index is 2.16. The van der Waals surface area contributed by atoms with Gasteiger partial charge in [-0.1, -0.05) is 44.2 Å². The number of ether oxygens (including phenoxy) is 2. The molecule has 0 radical (unpaired) electrons. The number of rotatable bonds is 10. The van der Waals surface area contributed by atoms with Crippen molar-refractivity contribution in [1.29, 1.82) is 0 Å². The molecular weight excluding hydrogens is 434 g/mol. The van der Waals surface area contributed by atoms with E-state index in [1.807, 2.05) is 30.3 Å². The molecule has 6 heteroatoms. The van der Waals surface area contributed by atoms with Gasteiger partial charge in [-0.15, -0.1) is 0 Å². The third-order valence-electron chi connectivity index (χ3n) is 4.15. The minimum atomic E-state index is -0.308. The predicted octanol–water partition coefficient (Wildman–Crippen LogP) is 5.08. The number of halogens is 1. The van der Waals surface area contributed by atoms with Crippen LogP contribution in [0.15, 0.2) is 53.0 Å². The Labute approximate surface area is 181 Å². The van der Waals surface area contributed by atoms with Gasteiger partial charge in [-0.2, -0.15) is 0 Å². The van der Waals surface area contributed by atoms with E-state index in [0.29, 0.717) is 37.0 Å². The summed E-state index contributed by atoms with van der Waals surface area (Å²) in [6, 6.07) is 15.0. The van der Waals surface area contributed by atoms with Gasteiger partial charge in [0.15, 0.2) is 0 Å². The van der Waals surface area contributed by atoms with E-state index >= 15 is 0 Å². The van der Waals surface area contributed by atoms with E-state index in [4.69, 9.17) is 9.47 Å². The summed E-state index contributed by atoms with van der Waals surface area (Å²) in [4.78, 5) is 26.6. The van der Waals surface area contributed by atoms with Gasteiger partial charge < -0.3 is 14.4 Å². The van der Waals surface area contributed by atoms with Crippen LogP contribution in [0.4, 0.5) is 0 Å². The fourth-order valence-electron chi connectivity index (χ4n) is 2.71. The first-order chi connectivity index (χ1) is 13.9. The first-order valence-corrected chi connectivity index (χ1v) is 10.6. The molecule has 156 valence electrons. The Morgan fingerprint density at radius 3 is 2.45 bits per heavy atom. The summed E-state index contributed by atoms with van der Waals surface area (Å²) in [6.45, 7) is 7.57. The Morgan fingerprint density at radius 2 is 1.83 bits per heavy atom. The molecule has 0 fully saturated rings. The van der Waals surface area contributed by atoms with Gasteiger partial charge in [-0.25, -0.2) is 0 Å². The second-order valence-electron chi connectivity index (χ2n) is 7.12. The van der Waals surface area contributed by atoms with Gasteiger partial charge in [0.05, 0.1) is 24.1 Å². The van der Waals surface area contributed by atoms with Crippen LogP contribution in [0.1, 0.15) is 43.1 Å². The van der Waals surface area contributed by atoms with Gasteiger partial charge >= 0.3 is 5.97 Å². The molecule has 2 aromatic carbocycles. The molecule has 0 aromatic heterocycles. The fourth-order valence-corrected chi connectivity index (χ4v) is 3.20. The van der Waals surface area contributed by atoms with Crippen LogP contribution >= 0.6 is 15.9 Å². The van der Waals surface area contributed by atoms with Gasteiger partial charge in [0.2, 0.25) is 0 Å². The largest absolute Gasteiger partial charge is 0.492 e. The van der Waals surface area contributed by atoms with E-state index in [1.54, 1.807) is 30.0 Å². The third kappa shape index (κ3) is 7.54. The average Bonchev–Trinajstić information content (AvgIpc) is 2.70. The quantitative estimate of drug-likeness (QED) is 0.462. The van der Waals surface area contributed by atoms with Crippen LogP contribution < -0.4 is 4.74 Å². The number of carbonyl (C=O) groups excluding carboxylic acids is 2. The zero-order chi connectivity index (χ0) is 21.2. The molecule has 0 aliphatic carbocycles. The van der Waals surface area contributed by atoms with E-state index in [9.17, 15) is 9.59 Å². The molecular formula is C23H28BrNO4. The lowest BCUT2D eigenvalue weighted by molar-refractivity contribution is -0.143. The number of amides is 1. The summed E-state index contributed by atoms with van der Waals surface area (Å²) < 4.78 is 11.5. The number of esters is 1. The van der Waals surface area contributed by atoms with Crippen molar-refractivity contribution in [2.45, 2.75) is 33.7 Å². The normalized spacial score (nSPS) is 10.7. The smallest absolute Gasteiger partial charge is 0.307 e. The maximum atomic E-state index is 13.2. The molecule has 2 aromatic rings. The standard InChI is InChI=1S/C23H28BrNO4/c1-4-28-22(26)12-13-25(15-18-8-6-5-7-9-18)23(27)19-10-11-21(20(24)14-19)29-16-17(2)3/h5-11,14,17H,4,12-13,15-16H2,1-3H3. The molecule has 2 rings (SSSR count). The highest BCUT2D eigenvalue weighted by atomic mass is 79.9.